The number of aryl methyl sites for hydroxylation is 1. The van der Waals surface area contributed by atoms with E-state index in [4.69, 9.17) is 4.98 Å². The Morgan fingerprint density at radius 1 is 0.900 bits per heavy atom. The van der Waals surface area contributed by atoms with E-state index in [2.05, 4.69) is 62.1 Å². The van der Waals surface area contributed by atoms with E-state index in [-0.39, 0.29) is 34.6 Å². The number of hydrogen-bond acceptors (Lipinski definition) is 7. The van der Waals surface area contributed by atoms with Crippen molar-refractivity contribution in [3.8, 4) is 11.3 Å². The van der Waals surface area contributed by atoms with Gasteiger partial charge in [-0.15, -0.1) is 0 Å². The Morgan fingerprint density at radius 2 is 1.54 bits per heavy atom. The summed E-state index contributed by atoms with van der Waals surface area (Å²) in [6.45, 7) is 15.7. The third-order valence-electron chi connectivity index (χ3n) is 9.70. The van der Waals surface area contributed by atoms with Gasteiger partial charge in [0.05, 0.1) is 5.69 Å². The van der Waals surface area contributed by atoms with Gasteiger partial charge in [0.2, 0.25) is 5.91 Å². The Labute approximate surface area is 296 Å². The minimum atomic E-state index is -0.416. The summed E-state index contributed by atoms with van der Waals surface area (Å²) in [4.78, 5) is 51.3. The Hall–Kier alpha value is -4.80. The molecule has 0 radical (unpaired) electrons. The summed E-state index contributed by atoms with van der Waals surface area (Å²) in [5.74, 6) is 0.0809. The van der Waals surface area contributed by atoms with E-state index >= 15 is 0 Å². The molecule has 2 amide bonds. The number of carbonyl (C=O) groups excluding carboxylic acids is 2. The van der Waals surface area contributed by atoms with Crippen molar-refractivity contribution in [3.63, 3.8) is 0 Å². The highest BCUT2D eigenvalue weighted by Gasteiger charge is 2.32. The highest BCUT2D eigenvalue weighted by Crippen LogP contribution is 2.30. The maximum atomic E-state index is 13.8. The van der Waals surface area contributed by atoms with Crippen molar-refractivity contribution in [3.05, 3.63) is 106 Å². The molecule has 10 nitrogen and oxygen atoms in total. The summed E-state index contributed by atoms with van der Waals surface area (Å²) in [5, 5.41) is 6.26. The Bertz CT molecular complexity index is 1880. The number of aromatic nitrogens is 2. The fraction of sp³-hybridized carbons (Fsp3) is 0.400. The molecule has 4 aromatic rings. The maximum Gasteiger partial charge on any atom is 0.293 e. The van der Waals surface area contributed by atoms with Crippen molar-refractivity contribution >= 4 is 29.0 Å². The number of likely N-dealkylation sites (N-methyl/N-ethyl adjacent to an activating group) is 2. The second kappa shape index (κ2) is 15.0. The molecule has 2 N–H and O–H groups in total. The molecule has 1 aromatic heterocycles. The van der Waals surface area contributed by atoms with E-state index in [0.717, 1.165) is 35.3 Å². The Balaban J connectivity index is 1.37. The lowest BCUT2D eigenvalue weighted by Crippen LogP contribution is -2.51. The Morgan fingerprint density at radius 3 is 2.14 bits per heavy atom. The van der Waals surface area contributed by atoms with Crippen LogP contribution in [-0.4, -0.2) is 82.4 Å². The van der Waals surface area contributed by atoms with Gasteiger partial charge in [-0.1, -0.05) is 57.2 Å². The SMILES string of the molecule is Cc1c(NC(=O)c2ccc(C(C)(C)C)cc2)cccc1-c1cn(C)c(=O)c(Nc2ccc(C(C(=O)N3CCN(C)CC3)N(C)C(C)C)cc2)n1. The molecule has 1 fully saturated rings. The average Bonchev–Trinajstić information content (AvgIpc) is 3.08. The van der Waals surface area contributed by atoms with Crippen LogP contribution in [0.2, 0.25) is 0 Å². The van der Waals surface area contributed by atoms with E-state index in [1.165, 1.54) is 4.57 Å². The number of nitrogens with zero attached hydrogens (tertiary/aromatic N) is 5. The van der Waals surface area contributed by atoms with Crippen molar-refractivity contribution in [1.82, 2.24) is 24.3 Å². The minimum Gasteiger partial charge on any atom is -0.338 e. The lowest BCUT2D eigenvalue weighted by molar-refractivity contribution is -0.139. The van der Waals surface area contributed by atoms with Crippen LogP contribution in [0.5, 0.6) is 0 Å². The molecule has 1 aliphatic heterocycles. The standard InChI is InChI=1S/C40H51N7O3/c1-26(2)46(9)35(38(49)47-23-21-44(7)22-24-47)28-15-19-31(20-16-28)41-36-39(50)45(8)25-34(42-36)32-11-10-12-33(27(32)3)43-37(48)29-13-17-30(18-14-29)40(4,5)6/h10-20,25-26,35H,21-24H2,1-9H3,(H,41,42)(H,43,48). The summed E-state index contributed by atoms with van der Waals surface area (Å²) in [6, 6.07) is 20.8. The Kier molecular flexibility index (Phi) is 10.9. The second-order valence-electron chi connectivity index (χ2n) is 14.7. The van der Waals surface area contributed by atoms with E-state index in [0.29, 0.717) is 35.7 Å². The quantitative estimate of drug-likeness (QED) is 0.217. The van der Waals surface area contributed by atoms with E-state index in [1.54, 1.807) is 13.2 Å². The molecule has 1 saturated heterocycles. The van der Waals surface area contributed by atoms with E-state index in [9.17, 15) is 14.4 Å². The van der Waals surface area contributed by atoms with Crippen molar-refractivity contribution in [2.45, 2.75) is 59.0 Å². The van der Waals surface area contributed by atoms with Gasteiger partial charge in [0.15, 0.2) is 5.82 Å². The van der Waals surface area contributed by atoms with Gasteiger partial charge in [-0.25, -0.2) is 4.98 Å². The van der Waals surface area contributed by atoms with Crippen LogP contribution in [0.25, 0.3) is 11.3 Å². The van der Waals surface area contributed by atoms with Crippen molar-refractivity contribution in [2.24, 2.45) is 7.05 Å². The number of carbonyl (C=O) groups is 2. The van der Waals surface area contributed by atoms with Crippen molar-refractivity contribution in [1.29, 1.82) is 0 Å². The summed E-state index contributed by atoms with van der Waals surface area (Å²) in [7, 11) is 5.76. The van der Waals surface area contributed by atoms with Gasteiger partial charge >= 0.3 is 0 Å². The molecule has 1 unspecified atom stereocenters. The number of anilines is 3. The monoisotopic (exact) mass is 677 g/mol. The van der Waals surface area contributed by atoms with Gasteiger partial charge in [-0.05, 0) is 87.3 Å². The molecular weight excluding hydrogens is 626 g/mol. The van der Waals surface area contributed by atoms with Crippen LogP contribution in [0.3, 0.4) is 0 Å². The summed E-state index contributed by atoms with van der Waals surface area (Å²) in [6.07, 6.45) is 1.70. The first-order chi connectivity index (χ1) is 23.6. The van der Waals surface area contributed by atoms with Crippen LogP contribution in [-0.2, 0) is 17.3 Å². The minimum absolute atomic E-state index is 0.00160. The molecule has 10 heteroatoms. The van der Waals surface area contributed by atoms with Crippen LogP contribution < -0.4 is 16.2 Å². The largest absolute Gasteiger partial charge is 0.338 e. The number of benzene rings is 3. The van der Waals surface area contributed by atoms with Crippen LogP contribution >= 0.6 is 0 Å². The first-order valence-corrected chi connectivity index (χ1v) is 17.3. The van der Waals surface area contributed by atoms with Gasteiger partial charge in [0.25, 0.3) is 11.5 Å². The fourth-order valence-corrected chi connectivity index (χ4v) is 6.12. The smallest absolute Gasteiger partial charge is 0.293 e. The van der Waals surface area contributed by atoms with Crippen molar-refractivity contribution in [2.75, 3.05) is 50.9 Å². The van der Waals surface area contributed by atoms with Crippen LogP contribution in [0, 0.1) is 6.92 Å². The number of piperazine rings is 1. The molecule has 3 aromatic carbocycles. The summed E-state index contributed by atoms with van der Waals surface area (Å²) in [5.41, 5.74) is 5.92. The zero-order chi connectivity index (χ0) is 36.3. The number of nitrogens with one attached hydrogen (secondary N) is 2. The van der Waals surface area contributed by atoms with Gasteiger partial charge in [-0.2, -0.15) is 0 Å². The normalized spacial score (nSPS) is 14.6. The highest BCUT2D eigenvalue weighted by molar-refractivity contribution is 6.05. The topological polar surface area (TPSA) is 103 Å². The fourth-order valence-electron chi connectivity index (χ4n) is 6.12. The van der Waals surface area contributed by atoms with Gasteiger partial charge < -0.3 is 25.0 Å². The first-order valence-electron chi connectivity index (χ1n) is 17.3. The third-order valence-corrected chi connectivity index (χ3v) is 9.70. The van der Waals surface area contributed by atoms with Gasteiger partial charge in [0, 0.05) is 68.0 Å². The molecule has 264 valence electrons. The maximum absolute atomic E-state index is 13.8. The van der Waals surface area contributed by atoms with Gasteiger partial charge in [0.1, 0.15) is 6.04 Å². The van der Waals surface area contributed by atoms with E-state index in [1.807, 2.05) is 85.6 Å². The number of hydrogen-bond donors (Lipinski definition) is 2. The zero-order valence-electron chi connectivity index (χ0n) is 30.9. The highest BCUT2D eigenvalue weighted by atomic mass is 16.2. The molecule has 2 heterocycles. The number of rotatable bonds is 9. The third kappa shape index (κ3) is 8.14. The van der Waals surface area contributed by atoms with Crippen LogP contribution in [0.1, 0.15) is 67.7 Å². The summed E-state index contributed by atoms with van der Waals surface area (Å²) >= 11 is 0. The molecule has 0 bridgehead atoms. The molecule has 1 atom stereocenters. The summed E-state index contributed by atoms with van der Waals surface area (Å²) < 4.78 is 1.50. The predicted molar refractivity (Wildman–Crippen MR) is 202 cm³/mol. The zero-order valence-corrected chi connectivity index (χ0v) is 30.9. The average molecular weight is 678 g/mol. The van der Waals surface area contributed by atoms with Gasteiger partial charge in [-0.3, -0.25) is 19.3 Å². The van der Waals surface area contributed by atoms with Crippen LogP contribution in [0.15, 0.2) is 77.7 Å². The van der Waals surface area contributed by atoms with Crippen molar-refractivity contribution < 1.29 is 9.59 Å². The van der Waals surface area contributed by atoms with E-state index < -0.39 is 6.04 Å². The number of amides is 2. The first kappa shape index (κ1) is 36.5. The molecule has 0 aliphatic carbocycles. The molecule has 50 heavy (non-hydrogen) atoms. The molecule has 5 rings (SSSR count). The lowest BCUT2D eigenvalue weighted by Gasteiger charge is -2.38. The molecule has 0 spiro atoms. The second-order valence-corrected chi connectivity index (χ2v) is 14.7. The predicted octanol–water partition coefficient (Wildman–Crippen LogP) is 6.20. The molecular formula is C40H51N7O3. The molecule has 1 aliphatic rings. The lowest BCUT2D eigenvalue weighted by atomic mass is 9.86. The molecule has 0 saturated carbocycles. The van der Waals surface area contributed by atoms with Crippen LogP contribution in [0.4, 0.5) is 17.2 Å².